The molecule has 0 saturated carbocycles. The van der Waals surface area contributed by atoms with E-state index in [-0.39, 0.29) is 5.75 Å². The summed E-state index contributed by atoms with van der Waals surface area (Å²) in [5, 5.41) is 0. The van der Waals surface area contributed by atoms with E-state index in [1.165, 1.54) is 0 Å². The minimum Gasteiger partial charge on any atom is -0.371 e. The second-order valence-electron chi connectivity index (χ2n) is 4.90. The molecule has 0 atom stereocenters. The fourth-order valence-electron chi connectivity index (χ4n) is 2.21. The molecule has 0 saturated heterocycles. The highest BCUT2D eigenvalue weighted by Crippen LogP contribution is 2.29. The third kappa shape index (κ3) is 4.68. The van der Waals surface area contributed by atoms with E-state index in [1.807, 2.05) is 13.0 Å². The van der Waals surface area contributed by atoms with Crippen LogP contribution in [0, 0.1) is 13.8 Å². The van der Waals surface area contributed by atoms with Crippen LogP contribution < -0.4 is 9.08 Å². The second-order valence-corrected chi connectivity index (χ2v) is 5.92. The summed E-state index contributed by atoms with van der Waals surface area (Å²) in [5.74, 6) is 0.168. The van der Waals surface area contributed by atoms with Gasteiger partial charge in [0.25, 0.3) is 0 Å². The van der Waals surface area contributed by atoms with Gasteiger partial charge in [-0.15, -0.1) is 0 Å². The van der Waals surface area contributed by atoms with E-state index in [0.29, 0.717) is 5.56 Å². The first-order valence-electron chi connectivity index (χ1n) is 6.81. The van der Waals surface area contributed by atoms with E-state index in [1.54, 1.807) is 13.0 Å². The van der Waals surface area contributed by atoms with Gasteiger partial charge in [-0.1, -0.05) is 13.8 Å². The van der Waals surface area contributed by atoms with Crippen molar-refractivity contribution in [2.45, 2.75) is 40.5 Å². The molecule has 0 fully saturated rings. The first kappa shape index (κ1) is 16.8. The number of rotatable bonds is 7. The molecule has 1 aromatic rings. The zero-order valence-corrected chi connectivity index (χ0v) is 13.3. The van der Waals surface area contributed by atoms with Crippen molar-refractivity contribution in [3.05, 3.63) is 23.3 Å². The Morgan fingerprint density at radius 3 is 2.10 bits per heavy atom. The van der Waals surface area contributed by atoms with E-state index in [9.17, 15) is 8.42 Å². The highest BCUT2D eigenvalue weighted by Gasteiger charge is 2.14. The maximum Gasteiger partial charge on any atom is 0.446 e. The molecule has 1 rings (SSSR count). The zero-order valence-electron chi connectivity index (χ0n) is 12.5. The maximum atomic E-state index is 10.8. The van der Waals surface area contributed by atoms with Crippen molar-refractivity contribution in [3.8, 4) is 5.75 Å². The Hall–Kier alpha value is -1.27. The van der Waals surface area contributed by atoms with E-state index >= 15 is 0 Å². The fraction of sp³-hybridized carbons (Fsp3) is 0.571. The highest BCUT2D eigenvalue weighted by atomic mass is 32.3. The lowest BCUT2D eigenvalue weighted by molar-refractivity contribution is 0.385. The van der Waals surface area contributed by atoms with Gasteiger partial charge in [-0.3, -0.25) is 4.55 Å². The lowest BCUT2D eigenvalue weighted by atomic mass is 10.1. The Kier molecular flexibility index (Phi) is 5.83. The van der Waals surface area contributed by atoms with Gasteiger partial charge in [-0.05, 0) is 49.9 Å². The van der Waals surface area contributed by atoms with Crippen LogP contribution in [0.4, 0.5) is 5.69 Å². The van der Waals surface area contributed by atoms with Crippen LogP contribution in [0.1, 0.15) is 37.8 Å². The summed E-state index contributed by atoms with van der Waals surface area (Å²) in [6.45, 7) is 9.82. The van der Waals surface area contributed by atoms with E-state index in [4.69, 9.17) is 4.55 Å². The number of aryl methyl sites for hydroxylation is 2. The summed E-state index contributed by atoms with van der Waals surface area (Å²) in [4.78, 5) is 2.28. The SMILES string of the molecule is CCCN(CCC)c1cc(C)c(OS(=O)(=O)O)cc1C. The Bertz CT molecular complexity index is 549. The standard InChI is InChI=1S/C14H23NO4S/c1-5-7-15(8-6-2)13-9-12(4)14(10-11(13)3)19-20(16,17)18/h9-10H,5-8H2,1-4H3,(H,16,17,18). The predicted octanol–water partition coefficient (Wildman–Crippen LogP) is 3.11. The lowest BCUT2D eigenvalue weighted by Crippen LogP contribution is -2.25. The second kappa shape index (κ2) is 6.95. The molecule has 0 amide bonds. The molecule has 0 unspecified atom stereocenters. The first-order valence-corrected chi connectivity index (χ1v) is 8.18. The van der Waals surface area contributed by atoms with Gasteiger partial charge in [0, 0.05) is 18.8 Å². The number of nitrogens with zero attached hydrogens (tertiary/aromatic N) is 1. The predicted molar refractivity (Wildman–Crippen MR) is 80.9 cm³/mol. The summed E-state index contributed by atoms with van der Waals surface area (Å²) < 4.78 is 35.0. The van der Waals surface area contributed by atoms with Gasteiger partial charge >= 0.3 is 10.4 Å². The van der Waals surface area contributed by atoms with Crippen molar-refractivity contribution < 1.29 is 17.2 Å². The fourth-order valence-corrected chi connectivity index (χ4v) is 2.62. The van der Waals surface area contributed by atoms with Crippen molar-refractivity contribution in [1.82, 2.24) is 0 Å². The Balaban J connectivity index is 3.14. The van der Waals surface area contributed by atoms with E-state index < -0.39 is 10.4 Å². The molecule has 114 valence electrons. The minimum absolute atomic E-state index is 0.168. The van der Waals surface area contributed by atoms with Gasteiger partial charge in [-0.2, -0.15) is 8.42 Å². The van der Waals surface area contributed by atoms with Crippen LogP contribution >= 0.6 is 0 Å². The van der Waals surface area contributed by atoms with Gasteiger partial charge < -0.3 is 9.08 Å². The molecular formula is C14H23NO4S. The Morgan fingerprint density at radius 1 is 1.10 bits per heavy atom. The Morgan fingerprint density at radius 2 is 1.65 bits per heavy atom. The Labute approximate surface area is 121 Å². The first-order chi connectivity index (χ1) is 9.28. The van der Waals surface area contributed by atoms with Crippen molar-refractivity contribution >= 4 is 16.1 Å². The molecule has 0 aliphatic carbocycles. The molecule has 5 nitrogen and oxygen atoms in total. The topological polar surface area (TPSA) is 66.8 Å². The van der Waals surface area contributed by atoms with Gasteiger partial charge in [0.05, 0.1) is 0 Å². The molecule has 0 radical (unpaired) electrons. The monoisotopic (exact) mass is 301 g/mol. The quantitative estimate of drug-likeness (QED) is 0.784. The average molecular weight is 301 g/mol. The third-order valence-electron chi connectivity index (χ3n) is 3.02. The molecule has 0 aliphatic heterocycles. The summed E-state index contributed by atoms with van der Waals surface area (Å²) in [5.41, 5.74) is 2.69. The smallest absolute Gasteiger partial charge is 0.371 e. The lowest BCUT2D eigenvalue weighted by Gasteiger charge is -2.26. The molecule has 0 heterocycles. The van der Waals surface area contributed by atoms with Crippen LogP contribution in [-0.4, -0.2) is 26.1 Å². The van der Waals surface area contributed by atoms with Crippen LogP contribution in [0.25, 0.3) is 0 Å². The van der Waals surface area contributed by atoms with Crippen LogP contribution in [0.15, 0.2) is 12.1 Å². The molecule has 0 bridgehead atoms. The molecular weight excluding hydrogens is 278 g/mol. The van der Waals surface area contributed by atoms with Gasteiger partial charge in [-0.25, -0.2) is 0 Å². The number of anilines is 1. The van der Waals surface area contributed by atoms with E-state index in [0.717, 1.165) is 37.2 Å². The normalized spacial score (nSPS) is 11.4. The van der Waals surface area contributed by atoms with Gasteiger partial charge in [0.1, 0.15) is 5.75 Å². The molecule has 0 aromatic heterocycles. The molecule has 0 aliphatic rings. The molecule has 0 spiro atoms. The van der Waals surface area contributed by atoms with Crippen molar-refractivity contribution in [2.24, 2.45) is 0 Å². The molecule has 20 heavy (non-hydrogen) atoms. The zero-order chi connectivity index (χ0) is 15.3. The van der Waals surface area contributed by atoms with Gasteiger partial charge in [0.2, 0.25) is 0 Å². The summed E-state index contributed by atoms with van der Waals surface area (Å²) in [6.07, 6.45) is 2.09. The largest absolute Gasteiger partial charge is 0.446 e. The van der Waals surface area contributed by atoms with Crippen molar-refractivity contribution in [1.29, 1.82) is 0 Å². The van der Waals surface area contributed by atoms with Crippen molar-refractivity contribution in [2.75, 3.05) is 18.0 Å². The number of hydrogen-bond acceptors (Lipinski definition) is 4. The van der Waals surface area contributed by atoms with Crippen LogP contribution in [0.3, 0.4) is 0 Å². The minimum atomic E-state index is -4.48. The average Bonchev–Trinajstić information content (AvgIpc) is 2.31. The molecule has 1 aromatic carbocycles. The molecule has 1 N–H and O–H groups in total. The highest BCUT2D eigenvalue weighted by molar-refractivity contribution is 7.81. The third-order valence-corrected chi connectivity index (χ3v) is 3.41. The maximum absolute atomic E-state index is 10.8. The van der Waals surface area contributed by atoms with Crippen LogP contribution in [0.2, 0.25) is 0 Å². The van der Waals surface area contributed by atoms with Crippen LogP contribution in [0.5, 0.6) is 5.75 Å². The van der Waals surface area contributed by atoms with Crippen LogP contribution in [-0.2, 0) is 10.4 Å². The number of hydrogen-bond donors (Lipinski definition) is 1. The molecule has 6 heteroatoms. The van der Waals surface area contributed by atoms with E-state index in [2.05, 4.69) is 22.9 Å². The summed E-state index contributed by atoms with van der Waals surface area (Å²) >= 11 is 0. The van der Waals surface area contributed by atoms with Crippen molar-refractivity contribution in [3.63, 3.8) is 0 Å². The van der Waals surface area contributed by atoms with Gasteiger partial charge in [0.15, 0.2) is 0 Å². The number of benzene rings is 1. The summed E-state index contributed by atoms with van der Waals surface area (Å²) in [6, 6.07) is 3.55. The summed E-state index contributed by atoms with van der Waals surface area (Å²) in [7, 11) is -4.48.